The quantitative estimate of drug-likeness (QED) is 0.428. The van der Waals surface area contributed by atoms with Gasteiger partial charge in [-0.3, -0.25) is 9.69 Å². The van der Waals surface area contributed by atoms with Crippen molar-refractivity contribution in [3.8, 4) is 22.2 Å². The van der Waals surface area contributed by atoms with E-state index in [2.05, 4.69) is 26.9 Å². The number of thiazole rings is 1. The molecule has 1 atom stereocenters. The second kappa shape index (κ2) is 8.92. The number of piperazine rings is 1. The Morgan fingerprint density at radius 2 is 1.82 bits per heavy atom. The van der Waals surface area contributed by atoms with E-state index in [1.54, 1.807) is 6.26 Å². The predicted molar refractivity (Wildman–Crippen MR) is 125 cm³/mol. The summed E-state index contributed by atoms with van der Waals surface area (Å²) in [5, 5.41) is 4.89. The van der Waals surface area contributed by atoms with E-state index >= 15 is 0 Å². The number of rotatable bonds is 5. The van der Waals surface area contributed by atoms with Crippen LogP contribution in [0.3, 0.4) is 0 Å². The molecule has 1 aliphatic rings. The molecule has 5 rings (SSSR count). The number of furan rings is 1. The summed E-state index contributed by atoms with van der Waals surface area (Å²) in [5.41, 5.74) is 2.63. The molecule has 0 spiro atoms. The molecule has 1 fully saturated rings. The molecule has 9 heteroatoms. The first-order valence-electron chi connectivity index (χ1n) is 10.9. The third-order valence-corrected chi connectivity index (χ3v) is 6.97. The average molecular weight is 464 g/mol. The van der Waals surface area contributed by atoms with Crippen molar-refractivity contribution in [2.45, 2.75) is 26.8 Å². The van der Waals surface area contributed by atoms with Crippen LogP contribution < -0.4 is 0 Å². The van der Waals surface area contributed by atoms with Crippen LogP contribution in [0.5, 0.6) is 0 Å². The fourth-order valence-electron chi connectivity index (χ4n) is 3.94. The number of hydrogen-bond donors (Lipinski definition) is 0. The van der Waals surface area contributed by atoms with Gasteiger partial charge in [0, 0.05) is 36.6 Å². The van der Waals surface area contributed by atoms with E-state index in [0.29, 0.717) is 36.3 Å². The molecule has 0 aliphatic carbocycles. The number of aryl methyl sites for hydroxylation is 2. The Hall–Kier alpha value is -3.30. The third-order valence-electron chi connectivity index (χ3n) is 5.99. The lowest BCUT2D eigenvalue weighted by Crippen LogP contribution is -2.49. The van der Waals surface area contributed by atoms with E-state index in [1.807, 2.05) is 55.1 Å². The lowest BCUT2D eigenvalue weighted by Gasteiger charge is -2.36. The number of nitrogens with zero attached hydrogens (tertiary/aromatic N) is 5. The van der Waals surface area contributed by atoms with E-state index in [4.69, 9.17) is 8.94 Å². The SMILES string of the molecule is Cc1ccc(-c2noc([C@H](C)N3CCN(C(=O)c4nc(-c5ccco5)sc4C)CC3)n2)cc1. The van der Waals surface area contributed by atoms with E-state index in [1.165, 1.54) is 16.9 Å². The Labute approximate surface area is 195 Å². The van der Waals surface area contributed by atoms with Crippen molar-refractivity contribution in [1.29, 1.82) is 0 Å². The second-order valence-corrected chi connectivity index (χ2v) is 9.43. The molecule has 170 valence electrons. The van der Waals surface area contributed by atoms with Gasteiger partial charge in [-0.15, -0.1) is 11.3 Å². The summed E-state index contributed by atoms with van der Waals surface area (Å²) in [7, 11) is 0. The zero-order valence-corrected chi connectivity index (χ0v) is 19.6. The summed E-state index contributed by atoms with van der Waals surface area (Å²) in [6.07, 6.45) is 1.61. The first kappa shape index (κ1) is 21.5. The van der Waals surface area contributed by atoms with Gasteiger partial charge in [0.15, 0.2) is 10.8 Å². The van der Waals surface area contributed by atoms with Crippen molar-refractivity contribution in [2.24, 2.45) is 0 Å². The highest BCUT2D eigenvalue weighted by Gasteiger charge is 2.30. The highest BCUT2D eigenvalue weighted by Crippen LogP contribution is 2.29. The summed E-state index contributed by atoms with van der Waals surface area (Å²) in [4.78, 5) is 27.3. The van der Waals surface area contributed by atoms with Crippen molar-refractivity contribution < 1.29 is 13.7 Å². The van der Waals surface area contributed by atoms with Crippen LogP contribution in [0.4, 0.5) is 0 Å². The Balaban J connectivity index is 1.22. The summed E-state index contributed by atoms with van der Waals surface area (Å²) in [6.45, 7) is 8.73. The van der Waals surface area contributed by atoms with Crippen LogP contribution in [0.25, 0.3) is 22.2 Å². The van der Waals surface area contributed by atoms with Crippen LogP contribution in [-0.2, 0) is 0 Å². The van der Waals surface area contributed by atoms with Gasteiger partial charge in [0.1, 0.15) is 5.69 Å². The molecule has 1 aromatic carbocycles. The van der Waals surface area contributed by atoms with Gasteiger partial charge >= 0.3 is 0 Å². The molecular weight excluding hydrogens is 438 g/mol. The summed E-state index contributed by atoms with van der Waals surface area (Å²) in [6, 6.07) is 11.7. The lowest BCUT2D eigenvalue weighted by atomic mass is 10.1. The van der Waals surface area contributed by atoms with Gasteiger partial charge < -0.3 is 13.8 Å². The van der Waals surface area contributed by atoms with Gasteiger partial charge in [0.25, 0.3) is 5.91 Å². The Kier molecular flexibility index (Phi) is 5.82. The maximum absolute atomic E-state index is 13.1. The van der Waals surface area contributed by atoms with E-state index < -0.39 is 0 Å². The molecule has 0 bridgehead atoms. The average Bonchev–Trinajstić information content (AvgIpc) is 3.60. The van der Waals surface area contributed by atoms with Gasteiger partial charge in [-0.1, -0.05) is 35.0 Å². The highest BCUT2D eigenvalue weighted by atomic mass is 32.1. The number of amides is 1. The van der Waals surface area contributed by atoms with Gasteiger partial charge in [0.2, 0.25) is 11.7 Å². The normalized spacial score (nSPS) is 15.7. The zero-order valence-electron chi connectivity index (χ0n) is 18.8. The predicted octanol–water partition coefficient (Wildman–Crippen LogP) is 4.59. The van der Waals surface area contributed by atoms with Crippen molar-refractivity contribution in [2.75, 3.05) is 26.2 Å². The molecule has 0 N–H and O–H groups in total. The lowest BCUT2D eigenvalue weighted by molar-refractivity contribution is 0.0546. The van der Waals surface area contributed by atoms with E-state index in [9.17, 15) is 4.79 Å². The summed E-state index contributed by atoms with van der Waals surface area (Å²) < 4.78 is 11.0. The second-order valence-electron chi connectivity index (χ2n) is 8.23. The van der Waals surface area contributed by atoms with Crippen LogP contribution in [-0.4, -0.2) is 57.0 Å². The van der Waals surface area contributed by atoms with Crippen molar-refractivity contribution in [3.05, 3.63) is 64.7 Å². The zero-order chi connectivity index (χ0) is 22.9. The molecule has 0 unspecified atom stereocenters. The summed E-state index contributed by atoms with van der Waals surface area (Å²) in [5.74, 6) is 1.83. The van der Waals surface area contributed by atoms with E-state index in [0.717, 1.165) is 28.5 Å². The standard InChI is InChI=1S/C24H25N5O3S/c1-15-6-8-18(9-7-15)21-26-22(32-27-21)16(2)28-10-12-29(13-11-28)24(30)20-17(3)33-23(25-20)19-5-4-14-31-19/h4-9,14,16H,10-13H2,1-3H3/t16-/m0/s1. The first-order chi connectivity index (χ1) is 16.0. The molecule has 3 aromatic heterocycles. The molecule has 4 aromatic rings. The highest BCUT2D eigenvalue weighted by molar-refractivity contribution is 7.15. The van der Waals surface area contributed by atoms with Crippen molar-refractivity contribution in [1.82, 2.24) is 24.9 Å². The molecule has 1 saturated heterocycles. The van der Waals surface area contributed by atoms with Gasteiger partial charge in [-0.05, 0) is 32.9 Å². The topological polar surface area (TPSA) is 88.5 Å². The van der Waals surface area contributed by atoms with E-state index in [-0.39, 0.29) is 11.9 Å². The molecule has 1 amide bonds. The Morgan fingerprint density at radius 1 is 1.06 bits per heavy atom. The molecule has 1 aliphatic heterocycles. The van der Waals surface area contributed by atoms with Gasteiger partial charge in [0.05, 0.1) is 12.3 Å². The molecular formula is C24H25N5O3S. The molecule has 33 heavy (non-hydrogen) atoms. The largest absolute Gasteiger partial charge is 0.462 e. The van der Waals surface area contributed by atoms with Gasteiger partial charge in [-0.25, -0.2) is 4.98 Å². The van der Waals surface area contributed by atoms with Gasteiger partial charge in [-0.2, -0.15) is 4.98 Å². The molecule has 4 heterocycles. The van der Waals surface area contributed by atoms with Crippen molar-refractivity contribution in [3.63, 3.8) is 0 Å². The number of carbonyl (C=O) groups is 1. The fraction of sp³-hybridized carbons (Fsp3) is 0.333. The summed E-state index contributed by atoms with van der Waals surface area (Å²) >= 11 is 1.48. The smallest absolute Gasteiger partial charge is 0.273 e. The minimum atomic E-state index is -0.0340. The number of hydrogen-bond acceptors (Lipinski definition) is 8. The van der Waals surface area contributed by atoms with Crippen LogP contribution in [0.2, 0.25) is 0 Å². The van der Waals surface area contributed by atoms with Crippen LogP contribution >= 0.6 is 11.3 Å². The maximum Gasteiger partial charge on any atom is 0.273 e. The monoisotopic (exact) mass is 463 g/mol. The van der Waals surface area contributed by atoms with Crippen LogP contribution in [0, 0.1) is 13.8 Å². The first-order valence-corrected chi connectivity index (χ1v) is 11.8. The molecule has 0 radical (unpaired) electrons. The Bertz CT molecular complexity index is 1240. The number of carbonyl (C=O) groups excluding carboxylic acids is 1. The maximum atomic E-state index is 13.1. The molecule has 8 nitrogen and oxygen atoms in total. The number of benzene rings is 1. The fourth-order valence-corrected chi connectivity index (χ4v) is 4.82. The third kappa shape index (κ3) is 4.34. The molecule has 0 saturated carbocycles. The minimum absolute atomic E-state index is 0.0273. The number of aromatic nitrogens is 3. The Morgan fingerprint density at radius 3 is 2.52 bits per heavy atom. The van der Waals surface area contributed by atoms with Crippen LogP contribution in [0.1, 0.15) is 39.8 Å². The van der Waals surface area contributed by atoms with Crippen molar-refractivity contribution >= 4 is 17.2 Å². The van der Waals surface area contributed by atoms with Crippen LogP contribution in [0.15, 0.2) is 51.6 Å². The minimum Gasteiger partial charge on any atom is -0.462 e.